The number of halogens is 3. The largest absolute Gasteiger partial charge is 0.444 e. The maximum absolute atomic E-state index is 11.7. The van der Waals surface area contributed by atoms with Crippen LogP contribution in [0.5, 0.6) is 0 Å². The van der Waals surface area contributed by atoms with E-state index in [2.05, 4.69) is 42.5 Å². The number of amides is 1. The molecule has 0 bridgehead atoms. The minimum atomic E-state index is -0.369. The van der Waals surface area contributed by atoms with Gasteiger partial charge in [-0.15, -0.1) is 24.0 Å². The van der Waals surface area contributed by atoms with Crippen LogP contribution < -0.4 is 5.32 Å². The smallest absolute Gasteiger partial charge is 0.410 e. The second-order valence-corrected chi connectivity index (χ2v) is 9.22. The average molecular weight is 704 g/mol. The summed E-state index contributed by atoms with van der Waals surface area (Å²) in [6.07, 6.45) is 10.9. The first-order valence-electron chi connectivity index (χ1n) is 9.65. The van der Waals surface area contributed by atoms with E-state index in [1.807, 2.05) is 25.7 Å². The molecule has 0 aromatic rings. The van der Waals surface area contributed by atoms with Gasteiger partial charge >= 0.3 is 6.09 Å². The lowest BCUT2D eigenvalue weighted by atomic mass is 9.94. The quantitative estimate of drug-likeness (QED) is 0.300. The van der Waals surface area contributed by atoms with E-state index in [1.165, 1.54) is 64.5 Å². The maximum atomic E-state index is 11.7. The highest BCUT2D eigenvalue weighted by Gasteiger charge is 2.45. The van der Waals surface area contributed by atoms with E-state index in [1.54, 1.807) is 0 Å². The molecule has 2 aliphatic heterocycles. The van der Waals surface area contributed by atoms with Crippen molar-refractivity contribution in [1.82, 2.24) is 10.2 Å². The number of nitrogens with one attached hydrogen (secondary N) is 1. The SMILES string of the molecule is C1CC2(CCN1)CC2.CC(C)(C)OC(=O)N1CCC2(CC1)CC2.I.II. The summed E-state index contributed by atoms with van der Waals surface area (Å²) in [5, 5.41) is 3.38. The highest BCUT2D eigenvalue weighted by atomic mass is 128. The molecule has 0 atom stereocenters. The summed E-state index contributed by atoms with van der Waals surface area (Å²) >= 11 is 4.24. The van der Waals surface area contributed by atoms with Crippen LogP contribution in [0.15, 0.2) is 0 Å². The summed E-state index contributed by atoms with van der Waals surface area (Å²) < 4.78 is 5.35. The van der Waals surface area contributed by atoms with Gasteiger partial charge in [0.05, 0.1) is 0 Å². The minimum Gasteiger partial charge on any atom is -0.444 e. The van der Waals surface area contributed by atoms with Crippen LogP contribution >= 0.6 is 61.2 Å². The van der Waals surface area contributed by atoms with Gasteiger partial charge in [-0.05, 0) is 96.1 Å². The van der Waals surface area contributed by atoms with Gasteiger partial charge in [0.15, 0.2) is 0 Å². The molecule has 2 aliphatic carbocycles. The standard InChI is InChI=1S/C12H21NO2.C7H13N.I2.HI/c1-11(2,3)15-10(14)13-8-6-12(4-5-12)7-9-13;1-2-7(1)3-5-8-6-4-7;1-2;/h4-9H2,1-3H3;8H,1-6H2;;1H. The molecular weight excluding hydrogens is 669 g/mol. The Kier molecular flexibility index (Phi) is 10.8. The lowest BCUT2D eigenvalue weighted by molar-refractivity contribution is 0.0173. The molecule has 26 heavy (non-hydrogen) atoms. The van der Waals surface area contributed by atoms with E-state index >= 15 is 0 Å². The molecule has 0 aromatic carbocycles. The van der Waals surface area contributed by atoms with Gasteiger partial charge in [0, 0.05) is 50.3 Å². The Labute approximate surface area is 200 Å². The number of carbonyl (C=O) groups excluding carboxylic acids is 1. The number of likely N-dealkylation sites (tertiary alicyclic amines) is 1. The lowest BCUT2D eigenvalue weighted by Gasteiger charge is -2.33. The summed E-state index contributed by atoms with van der Waals surface area (Å²) in [5.74, 6) is 0. The second-order valence-electron chi connectivity index (χ2n) is 9.22. The highest BCUT2D eigenvalue weighted by molar-refractivity contribution is 15.0. The Bertz CT molecular complexity index is 429. The average Bonchev–Trinajstić information content (AvgIpc) is 3.50. The van der Waals surface area contributed by atoms with E-state index in [-0.39, 0.29) is 35.7 Å². The molecule has 1 amide bonds. The second kappa shape index (κ2) is 11.0. The molecule has 7 heteroatoms. The Balaban J connectivity index is 0.000000260. The van der Waals surface area contributed by atoms with E-state index in [9.17, 15) is 4.79 Å². The van der Waals surface area contributed by atoms with Gasteiger partial charge in [-0.1, -0.05) is 0 Å². The van der Waals surface area contributed by atoms with Gasteiger partial charge in [-0.3, -0.25) is 0 Å². The summed E-state index contributed by atoms with van der Waals surface area (Å²) in [4.78, 5) is 13.6. The van der Waals surface area contributed by atoms with Crippen molar-refractivity contribution >= 4 is 67.3 Å². The van der Waals surface area contributed by atoms with Crippen molar-refractivity contribution in [3.05, 3.63) is 0 Å². The van der Waals surface area contributed by atoms with Gasteiger partial charge < -0.3 is 15.0 Å². The van der Waals surface area contributed by atoms with E-state index in [4.69, 9.17) is 4.74 Å². The number of nitrogens with zero attached hydrogens (tertiary/aromatic N) is 1. The fourth-order valence-electron chi connectivity index (χ4n) is 3.80. The Morgan fingerprint density at radius 2 is 1.31 bits per heavy atom. The van der Waals surface area contributed by atoms with Crippen LogP contribution in [-0.2, 0) is 4.74 Å². The first-order valence-corrected chi connectivity index (χ1v) is 15.9. The number of piperidine rings is 2. The number of hydrogen-bond acceptors (Lipinski definition) is 3. The fourth-order valence-corrected chi connectivity index (χ4v) is 3.80. The number of rotatable bonds is 0. The Hall–Kier alpha value is 1.42. The van der Waals surface area contributed by atoms with Gasteiger partial charge in [0.1, 0.15) is 5.60 Å². The van der Waals surface area contributed by atoms with Crippen molar-refractivity contribution in [1.29, 1.82) is 0 Å². The van der Waals surface area contributed by atoms with Gasteiger partial charge in [0.2, 0.25) is 0 Å². The first kappa shape index (κ1) is 25.5. The Morgan fingerprint density at radius 1 is 0.885 bits per heavy atom. The molecule has 2 saturated heterocycles. The lowest BCUT2D eigenvalue weighted by Crippen LogP contribution is -2.42. The topological polar surface area (TPSA) is 41.6 Å². The molecule has 4 nitrogen and oxygen atoms in total. The zero-order valence-corrected chi connectivity index (χ0v) is 23.1. The van der Waals surface area contributed by atoms with E-state index < -0.39 is 0 Å². The summed E-state index contributed by atoms with van der Waals surface area (Å²) in [6, 6.07) is 0. The molecule has 0 aromatic heterocycles. The minimum absolute atomic E-state index is 0. The van der Waals surface area contributed by atoms with Crippen molar-refractivity contribution in [2.24, 2.45) is 10.8 Å². The molecule has 2 heterocycles. The van der Waals surface area contributed by atoms with Crippen molar-refractivity contribution in [3.63, 3.8) is 0 Å². The van der Waals surface area contributed by atoms with Crippen molar-refractivity contribution in [2.75, 3.05) is 26.2 Å². The van der Waals surface area contributed by atoms with Crippen LogP contribution in [0.2, 0.25) is 0 Å². The predicted molar refractivity (Wildman–Crippen MR) is 136 cm³/mol. The van der Waals surface area contributed by atoms with Gasteiger partial charge in [-0.25, -0.2) is 4.79 Å². The molecule has 1 N–H and O–H groups in total. The van der Waals surface area contributed by atoms with Crippen LogP contribution in [0.25, 0.3) is 0 Å². The highest BCUT2D eigenvalue weighted by Crippen LogP contribution is 2.53. The molecule has 4 fully saturated rings. The van der Waals surface area contributed by atoms with E-state index in [0.717, 1.165) is 18.5 Å². The normalized spacial score (nSPS) is 24.3. The molecular formula is C19H35I3N2O2. The van der Waals surface area contributed by atoms with Crippen molar-refractivity contribution in [3.8, 4) is 0 Å². The molecule has 4 rings (SSSR count). The first-order chi connectivity index (χ1) is 11.8. The van der Waals surface area contributed by atoms with Crippen LogP contribution in [0.4, 0.5) is 4.79 Å². The third-order valence-electron chi connectivity index (χ3n) is 6.05. The molecule has 0 radical (unpaired) electrons. The maximum Gasteiger partial charge on any atom is 0.410 e. The molecule has 4 aliphatic rings. The molecule has 154 valence electrons. The van der Waals surface area contributed by atoms with Crippen LogP contribution in [0.1, 0.15) is 72.1 Å². The van der Waals surface area contributed by atoms with E-state index in [0.29, 0.717) is 5.41 Å². The fraction of sp³-hybridized carbons (Fsp3) is 0.947. The van der Waals surface area contributed by atoms with Crippen molar-refractivity contribution in [2.45, 2.75) is 77.7 Å². The van der Waals surface area contributed by atoms with Gasteiger partial charge in [-0.2, -0.15) is 0 Å². The third-order valence-corrected chi connectivity index (χ3v) is 6.05. The van der Waals surface area contributed by atoms with Gasteiger partial charge in [0.25, 0.3) is 0 Å². The Morgan fingerprint density at radius 3 is 1.65 bits per heavy atom. The molecule has 0 unspecified atom stereocenters. The van der Waals surface area contributed by atoms with Crippen LogP contribution in [-0.4, -0.2) is 42.8 Å². The number of ether oxygens (including phenoxy) is 1. The number of carbonyl (C=O) groups is 1. The molecule has 2 saturated carbocycles. The zero-order chi connectivity index (χ0) is 18.6. The predicted octanol–water partition coefficient (Wildman–Crippen LogP) is 6.34. The monoisotopic (exact) mass is 704 g/mol. The van der Waals surface area contributed by atoms with Crippen molar-refractivity contribution < 1.29 is 9.53 Å². The number of hydrogen-bond donors (Lipinski definition) is 1. The summed E-state index contributed by atoms with van der Waals surface area (Å²) in [5.41, 5.74) is 1.12. The van der Waals surface area contributed by atoms with Crippen LogP contribution in [0, 0.1) is 10.8 Å². The summed E-state index contributed by atoms with van der Waals surface area (Å²) in [7, 11) is 0. The van der Waals surface area contributed by atoms with Crippen LogP contribution in [0.3, 0.4) is 0 Å². The zero-order valence-electron chi connectivity index (χ0n) is 16.4. The summed E-state index contributed by atoms with van der Waals surface area (Å²) in [6.45, 7) is 10.1. The third kappa shape index (κ3) is 8.42. The molecule has 2 spiro atoms.